The van der Waals surface area contributed by atoms with Gasteiger partial charge in [-0.1, -0.05) is 44.2 Å². The van der Waals surface area contributed by atoms with Gasteiger partial charge in [0.25, 0.3) is 0 Å². The first kappa shape index (κ1) is 39.8. The third kappa shape index (κ3) is 12.0. The number of nitrogens with one attached hydrogen (secondary N) is 2. The van der Waals surface area contributed by atoms with Crippen molar-refractivity contribution in [2.45, 2.75) is 69.0 Å². The Kier molecular flexibility index (Phi) is 14.7. The quantitative estimate of drug-likeness (QED) is 0.199. The summed E-state index contributed by atoms with van der Waals surface area (Å²) in [6.45, 7) is 1.78. The van der Waals surface area contributed by atoms with Crippen LogP contribution in [0.4, 0.5) is 18.9 Å². The van der Waals surface area contributed by atoms with Gasteiger partial charge < -0.3 is 25.6 Å². The van der Waals surface area contributed by atoms with E-state index in [0.29, 0.717) is 40.7 Å². The van der Waals surface area contributed by atoms with Gasteiger partial charge in [-0.15, -0.1) is 0 Å². The second kappa shape index (κ2) is 17.7. The maximum atomic E-state index is 13.5. The lowest BCUT2D eigenvalue weighted by Gasteiger charge is -2.25. The number of aryl methyl sites for hydroxylation is 1. The van der Waals surface area contributed by atoms with Gasteiger partial charge in [0.15, 0.2) is 17.5 Å². The number of aliphatic carboxylic acids is 1. The van der Waals surface area contributed by atoms with Crippen molar-refractivity contribution in [2.75, 3.05) is 33.6 Å². The van der Waals surface area contributed by atoms with Crippen molar-refractivity contribution in [3.8, 4) is 11.5 Å². The highest BCUT2D eigenvalue weighted by atomic mass is 32.2. The summed E-state index contributed by atoms with van der Waals surface area (Å²) in [6, 6.07) is 8.90. The number of carboxylic acid groups (broad SMARTS) is 1. The van der Waals surface area contributed by atoms with E-state index in [1.165, 1.54) is 40.4 Å². The minimum atomic E-state index is -5.08. The van der Waals surface area contributed by atoms with Gasteiger partial charge in [-0.3, -0.25) is 14.9 Å². The largest absolute Gasteiger partial charge is 0.493 e. The third-order valence-electron chi connectivity index (χ3n) is 7.45. The first-order valence-electron chi connectivity index (χ1n) is 14.9. The van der Waals surface area contributed by atoms with E-state index in [1.54, 1.807) is 31.2 Å². The molecule has 2 aromatic carbocycles. The molecular formula is C31H42F3N5O8S. The molecule has 1 fully saturated rings. The molecule has 1 aliphatic rings. The number of carboxylic acids is 1. The molecule has 3 rings (SSSR count). The number of nitrogens with two attached hydrogens (primary N) is 1. The Hall–Kier alpha value is -4.38. The Morgan fingerprint density at radius 2 is 1.65 bits per heavy atom. The number of amides is 2. The number of alkyl halides is 3. The highest BCUT2D eigenvalue weighted by Crippen LogP contribution is 2.30. The van der Waals surface area contributed by atoms with Crippen molar-refractivity contribution < 1.29 is 50.6 Å². The summed E-state index contributed by atoms with van der Waals surface area (Å²) >= 11 is 0. The molecule has 1 saturated carbocycles. The van der Waals surface area contributed by atoms with Crippen LogP contribution in [0.2, 0.25) is 0 Å². The molecule has 0 aliphatic heterocycles. The average Bonchev–Trinajstić information content (AvgIpc) is 3.01. The number of ether oxygens (including phenoxy) is 2. The van der Waals surface area contributed by atoms with Crippen molar-refractivity contribution in [3.05, 3.63) is 47.5 Å². The number of aliphatic imine (C=N–C) groups is 1. The first-order valence-corrected chi connectivity index (χ1v) is 16.3. The summed E-state index contributed by atoms with van der Waals surface area (Å²) in [7, 11) is 2.26. The van der Waals surface area contributed by atoms with Crippen LogP contribution >= 0.6 is 0 Å². The molecular weight excluding hydrogens is 659 g/mol. The van der Waals surface area contributed by atoms with E-state index in [-0.39, 0.29) is 17.3 Å². The number of hydrogen-bond donors (Lipinski definition) is 4. The fourth-order valence-corrected chi connectivity index (χ4v) is 5.77. The number of methoxy groups -OCH3 is 2. The van der Waals surface area contributed by atoms with Crippen LogP contribution in [0.5, 0.6) is 11.5 Å². The zero-order valence-electron chi connectivity index (χ0n) is 27.4. The highest BCUT2D eigenvalue weighted by Gasteiger charge is 2.38. The average molecular weight is 702 g/mol. The molecule has 0 radical (unpaired) electrons. The summed E-state index contributed by atoms with van der Waals surface area (Å²) in [6.07, 6.45) is 0.709. The highest BCUT2D eigenvalue weighted by molar-refractivity contribution is 7.89. The Labute approximate surface area is 277 Å². The van der Waals surface area contributed by atoms with Crippen LogP contribution in [-0.4, -0.2) is 82.1 Å². The van der Waals surface area contributed by atoms with Gasteiger partial charge >= 0.3 is 12.1 Å². The van der Waals surface area contributed by atoms with Crippen molar-refractivity contribution in [2.24, 2.45) is 16.6 Å². The van der Waals surface area contributed by atoms with E-state index in [0.717, 1.165) is 36.4 Å². The minimum absolute atomic E-state index is 0.0163. The van der Waals surface area contributed by atoms with E-state index in [1.807, 2.05) is 0 Å². The number of hydrogen-bond acceptors (Lipinski definition) is 8. The minimum Gasteiger partial charge on any atom is -0.493 e. The molecule has 266 valence electrons. The number of sulfonamides is 1. The first-order chi connectivity index (χ1) is 22.4. The molecule has 17 heteroatoms. The maximum Gasteiger partial charge on any atom is 0.490 e. The molecule has 1 atom stereocenters. The van der Waals surface area contributed by atoms with E-state index < -0.39 is 40.0 Å². The molecule has 0 bridgehead atoms. The lowest BCUT2D eigenvalue weighted by Crippen LogP contribution is -2.40. The van der Waals surface area contributed by atoms with Gasteiger partial charge in [0.1, 0.15) is 6.04 Å². The molecule has 0 saturated heterocycles. The van der Waals surface area contributed by atoms with Crippen LogP contribution in [0.25, 0.3) is 0 Å². The lowest BCUT2D eigenvalue weighted by atomic mass is 9.84. The summed E-state index contributed by atoms with van der Waals surface area (Å²) in [5.41, 5.74) is 7.88. The molecule has 0 unspecified atom stereocenters. The summed E-state index contributed by atoms with van der Waals surface area (Å²) in [4.78, 5) is 39.6. The number of halogens is 3. The van der Waals surface area contributed by atoms with Gasteiger partial charge in [-0.25, -0.2) is 22.5 Å². The van der Waals surface area contributed by atoms with E-state index >= 15 is 0 Å². The van der Waals surface area contributed by atoms with Crippen LogP contribution in [0.3, 0.4) is 0 Å². The number of guanidine groups is 1. The molecule has 2 amide bonds. The second-order valence-electron chi connectivity index (χ2n) is 11.2. The Morgan fingerprint density at radius 3 is 2.19 bits per heavy atom. The van der Waals surface area contributed by atoms with Crippen LogP contribution in [-0.2, 0) is 30.8 Å². The molecule has 2 aromatic rings. The molecule has 48 heavy (non-hydrogen) atoms. The zero-order chi connectivity index (χ0) is 36.2. The molecule has 1 aliphatic carbocycles. The van der Waals surface area contributed by atoms with Crippen LogP contribution < -0.4 is 25.8 Å². The van der Waals surface area contributed by atoms with Gasteiger partial charge in [-0.2, -0.15) is 13.2 Å². The molecule has 0 heterocycles. The zero-order valence-corrected chi connectivity index (χ0v) is 28.2. The van der Waals surface area contributed by atoms with Gasteiger partial charge in [-0.05, 0) is 54.7 Å². The second-order valence-corrected chi connectivity index (χ2v) is 13.4. The van der Waals surface area contributed by atoms with Crippen molar-refractivity contribution in [1.29, 1.82) is 0 Å². The topological polar surface area (TPSA) is 190 Å². The summed E-state index contributed by atoms with van der Waals surface area (Å²) < 4.78 is 68.7. The Bertz CT molecular complexity index is 1580. The Balaban J connectivity index is 0.00000103. The standard InChI is InChI=1S/C29H41N5O6S.C2HF3O2/c1-19-11-13-22(41(37,38)34(2)3)18-23(19)31-28(36)24(15-20-9-7-6-8-10-20)32-29(30)33-27(35)17-21-12-14-25(39-4)26(16-21)40-5;3-2(4,5)1(6)7/h11-14,16,18,20,24H,6-10,15,17H2,1-5H3,(H,31,36)(H3,30,32,33,35);(H,6,7)/t24-;/m1./s1. The van der Waals surface area contributed by atoms with Crippen molar-refractivity contribution in [3.63, 3.8) is 0 Å². The van der Waals surface area contributed by atoms with Crippen molar-refractivity contribution >= 4 is 39.5 Å². The summed E-state index contributed by atoms with van der Waals surface area (Å²) in [5.74, 6) is -2.39. The van der Waals surface area contributed by atoms with Crippen molar-refractivity contribution in [1.82, 2.24) is 9.62 Å². The fourth-order valence-electron chi connectivity index (χ4n) is 4.84. The van der Waals surface area contributed by atoms with E-state index in [9.17, 15) is 31.2 Å². The monoisotopic (exact) mass is 701 g/mol. The van der Waals surface area contributed by atoms with E-state index in [4.69, 9.17) is 25.1 Å². The van der Waals surface area contributed by atoms with Gasteiger partial charge in [0.05, 0.1) is 25.5 Å². The normalized spacial score (nSPS) is 14.7. The number of anilines is 1. The van der Waals surface area contributed by atoms with Gasteiger partial charge in [0.2, 0.25) is 21.8 Å². The smallest absolute Gasteiger partial charge is 0.490 e. The number of carbonyl (C=O) groups is 3. The molecule has 0 aromatic heterocycles. The molecule has 0 spiro atoms. The number of nitrogens with zero attached hydrogens (tertiary/aromatic N) is 2. The SMILES string of the molecule is COc1ccc(CC(=O)NC(N)=N[C@H](CC2CCCCC2)C(=O)Nc2cc(S(=O)(=O)N(C)C)ccc2C)cc1OC.O=C(O)C(F)(F)F. The van der Waals surface area contributed by atoms with Crippen LogP contribution in [0.15, 0.2) is 46.3 Å². The van der Waals surface area contributed by atoms with E-state index in [2.05, 4.69) is 15.6 Å². The fraction of sp³-hybridized carbons (Fsp3) is 0.484. The Morgan fingerprint density at radius 1 is 1.04 bits per heavy atom. The maximum absolute atomic E-state index is 13.5. The predicted molar refractivity (Wildman–Crippen MR) is 172 cm³/mol. The predicted octanol–water partition coefficient (Wildman–Crippen LogP) is 3.85. The molecule has 13 nitrogen and oxygen atoms in total. The third-order valence-corrected chi connectivity index (χ3v) is 9.26. The lowest BCUT2D eigenvalue weighted by molar-refractivity contribution is -0.192. The number of carbonyl (C=O) groups excluding carboxylic acids is 2. The molecule has 5 N–H and O–H groups in total. The van der Waals surface area contributed by atoms with Crippen LogP contribution in [0, 0.1) is 12.8 Å². The van der Waals surface area contributed by atoms with Crippen LogP contribution in [0.1, 0.15) is 49.7 Å². The number of rotatable bonds is 11. The summed E-state index contributed by atoms with van der Waals surface area (Å²) in [5, 5.41) is 12.6. The van der Waals surface area contributed by atoms with Gasteiger partial charge in [0, 0.05) is 19.8 Å². The number of benzene rings is 2.